The van der Waals surface area contributed by atoms with Gasteiger partial charge in [0.05, 0.1) is 18.1 Å². The Hall–Kier alpha value is -0.580. The summed E-state index contributed by atoms with van der Waals surface area (Å²) in [6.07, 6.45) is 1.95. The third-order valence-electron chi connectivity index (χ3n) is 3.26. The van der Waals surface area contributed by atoms with Gasteiger partial charge in [-0.25, -0.2) is 0 Å². The molecule has 1 aromatic carbocycles. The molecule has 1 aliphatic heterocycles. The summed E-state index contributed by atoms with van der Waals surface area (Å²) in [4.78, 5) is 1.46. The molecule has 4 heteroatoms. The molecule has 0 radical (unpaired) electrons. The van der Waals surface area contributed by atoms with Gasteiger partial charge in [-0.1, -0.05) is 0 Å². The van der Waals surface area contributed by atoms with Crippen molar-refractivity contribution in [3.63, 3.8) is 0 Å². The number of ether oxygens (including phenoxy) is 1. The Morgan fingerprint density at radius 2 is 2.35 bits per heavy atom. The van der Waals surface area contributed by atoms with E-state index in [4.69, 9.17) is 4.74 Å². The second-order valence-electron chi connectivity index (χ2n) is 4.65. The van der Waals surface area contributed by atoms with Crippen LogP contribution in [-0.4, -0.2) is 31.4 Å². The molecule has 2 unspecified atom stereocenters. The van der Waals surface area contributed by atoms with E-state index in [9.17, 15) is 5.11 Å². The van der Waals surface area contributed by atoms with Crippen molar-refractivity contribution in [3.8, 4) is 5.75 Å². The SMILES string of the molecule is COc1ccc(C[NH+]2CCCC(O)C2)cc1Br. The molecule has 2 N–H and O–H groups in total. The fourth-order valence-corrected chi connectivity index (χ4v) is 2.98. The molecule has 0 saturated carbocycles. The lowest BCUT2D eigenvalue weighted by atomic mass is 10.1. The van der Waals surface area contributed by atoms with Gasteiger partial charge < -0.3 is 14.7 Å². The topological polar surface area (TPSA) is 33.9 Å². The molecule has 3 nitrogen and oxygen atoms in total. The van der Waals surface area contributed by atoms with Crippen LogP contribution in [0.5, 0.6) is 5.75 Å². The van der Waals surface area contributed by atoms with Gasteiger partial charge in [-0.05, 0) is 47.0 Å². The quantitative estimate of drug-likeness (QED) is 0.873. The lowest BCUT2D eigenvalue weighted by Crippen LogP contribution is -3.12. The van der Waals surface area contributed by atoms with E-state index in [-0.39, 0.29) is 6.10 Å². The monoisotopic (exact) mass is 300 g/mol. The van der Waals surface area contributed by atoms with Crippen LogP contribution in [0.25, 0.3) is 0 Å². The van der Waals surface area contributed by atoms with Crippen LogP contribution < -0.4 is 9.64 Å². The van der Waals surface area contributed by atoms with Crippen molar-refractivity contribution >= 4 is 15.9 Å². The maximum absolute atomic E-state index is 9.64. The molecule has 0 aromatic heterocycles. The number of hydrogen-bond acceptors (Lipinski definition) is 2. The lowest BCUT2D eigenvalue weighted by Gasteiger charge is -2.27. The number of hydrogen-bond donors (Lipinski definition) is 2. The molecule has 0 bridgehead atoms. The Kier molecular flexibility index (Phi) is 4.42. The average Bonchev–Trinajstić information content (AvgIpc) is 2.29. The van der Waals surface area contributed by atoms with E-state index in [1.807, 2.05) is 6.07 Å². The summed E-state index contributed by atoms with van der Waals surface area (Å²) in [7, 11) is 1.67. The molecular weight excluding hydrogens is 282 g/mol. The summed E-state index contributed by atoms with van der Waals surface area (Å²) in [5.74, 6) is 0.863. The molecule has 1 aliphatic rings. The number of piperidine rings is 1. The number of benzene rings is 1. The van der Waals surface area contributed by atoms with E-state index < -0.39 is 0 Å². The molecule has 1 fully saturated rings. The summed E-state index contributed by atoms with van der Waals surface area (Å²) >= 11 is 3.50. The number of aliphatic hydroxyl groups excluding tert-OH is 1. The first kappa shape index (κ1) is 12.9. The minimum absolute atomic E-state index is 0.125. The second kappa shape index (κ2) is 5.85. The van der Waals surface area contributed by atoms with Crippen LogP contribution in [0.4, 0.5) is 0 Å². The molecule has 94 valence electrons. The number of rotatable bonds is 3. The van der Waals surface area contributed by atoms with E-state index in [1.165, 1.54) is 10.5 Å². The number of methoxy groups -OCH3 is 1. The van der Waals surface area contributed by atoms with Gasteiger partial charge in [0.2, 0.25) is 0 Å². The number of nitrogens with one attached hydrogen (secondary N) is 1. The predicted octanol–water partition coefficient (Wildman–Crippen LogP) is 0.997. The summed E-state index contributed by atoms with van der Waals surface area (Å²) in [5.41, 5.74) is 1.28. The molecule has 1 heterocycles. The average molecular weight is 301 g/mol. The van der Waals surface area contributed by atoms with Crippen molar-refractivity contribution in [3.05, 3.63) is 28.2 Å². The fourth-order valence-electron chi connectivity index (χ4n) is 2.39. The molecule has 0 amide bonds. The summed E-state index contributed by atoms with van der Waals surface area (Å²) in [6, 6.07) is 6.18. The van der Waals surface area contributed by atoms with Gasteiger partial charge in [-0.2, -0.15) is 0 Å². The highest BCUT2D eigenvalue weighted by atomic mass is 79.9. The fraction of sp³-hybridized carbons (Fsp3) is 0.538. The zero-order valence-corrected chi connectivity index (χ0v) is 11.7. The molecule has 0 aliphatic carbocycles. The van der Waals surface area contributed by atoms with Crippen molar-refractivity contribution < 1.29 is 14.7 Å². The first-order valence-electron chi connectivity index (χ1n) is 6.03. The number of quaternary nitrogens is 1. The molecule has 2 rings (SSSR count). The third-order valence-corrected chi connectivity index (χ3v) is 3.88. The van der Waals surface area contributed by atoms with E-state index in [1.54, 1.807) is 7.11 Å². The molecule has 1 saturated heterocycles. The Morgan fingerprint density at radius 1 is 1.53 bits per heavy atom. The maximum Gasteiger partial charge on any atom is 0.133 e. The molecule has 17 heavy (non-hydrogen) atoms. The molecule has 1 aromatic rings. The number of halogens is 1. The predicted molar refractivity (Wildman–Crippen MR) is 70.3 cm³/mol. The standard InChI is InChI=1S/C13H18BrNO2/c1-17-13-5-4-10(7-12(13)14)8-15-6-2-3-11(16)9-15/h4-5,7,11,16H,2-3,6,8-9H2,1H3/p+1. The van der Waals surface area contributed by atoms with Crippen molar-refractivity contribution in [1.82, 2.24) is 0 Å². The van der Waals surface area contributed by atoms with Gasteiger partial charge in [0.15, 0.2) is 0 Å². The second-order valence-corrected chi connectivity index (χ2v) is 5.50. The van der Waals surface area contributed by atoms with Crippen LogP contribution in [0.3, 0.4) is 0 Å². The molecular formula is C13H19BrNO2+. The zero-order valence-electron chi connectivity index (χ0n) is 10.1. The Bertz CT molecular complexity index is 384. The zero-order chi connectivity index (χ0) is 12.3. The largest absolute Gasteiger partial charge is 0.496 e. The van der Waals surface area contributed by atoms with E-state index in [0.29, 0.717) is 0 Å². The highest BCUT2D eigenvalue weighted by Gasteiger charge is 2.21. The normalized spacial score (nSPS) is 24.6. The van der Waals surface area contributed by atoms with Crippen LogP contribution in [-0.2, 0) is 6.54 Å². The van der Waals surface area contributed by atoms with Crippen LogP contribution in [0, 0.1) is 0 Å². The number of likely N-dealkylation sites (tertiary alicyclic amines) is 1. The first-order chi connectivity index (χ1) is 8.19. The number of aliphatic hydroxyl groups is 1. The highest BCUT2D eigenvalue weighted by Crippen LogP contribution is 2.25. The van der Waals surface area contributed by atoms with E-state index in [2.05, 4.69) is 28.1 Å². The minimum atomic E-state index is -0.125. The van der Waals surface area contributed by atoms with Crippen LogP contribution in [0.1, 0.15) is 18.4 Å². The first-order valence-corrected chi connectivity index (χ1v) is 6.82. The molecule has 2 atom stereocenters. The maximum atomic E-state index is 9.64. The highest BCUT2D eigenvalue weighted by molar-refractivity contribution is 9.10. The Morgan fingerprint density at radius 3 is 3.00 bits per heavy atom. The molecule has 0 spiro atoms. The van der Waals surface area contributed by atoms with E-state index >= 15 is 0 Å². The van der Waals surface area contributed by atoms with Crippen molar-refractivity contribution in [2.45, 2.75) is 25.5 Å². The Labute approximate surface area is 111 Å². The van der Waals surface area contributed by atoms with Crippen LogP contribution in [0.2, 0.25) is 0 Å². The third kappa shape index (κ3) is 3.44. The lowest BCUT2D eigenvalue weighted by molar-refractivity contribution is -0.921. The van der Waals surface area contributed by atoms with Gasteiger partial charge in [0, 0.05) is 5.56 Å². The van der Waals surface area contributed by atoms with Crippen molar-refractivity contribution in [1.29, 1.82) is 0 Å². The Balaban J connectivity index is 2.00. The summed E-state index contributed by atoms with van der Waals surface area (Å²) in [6.45, 7) is 2.99. The van der Waals surface area contributed by atoms with Gasteiger partial charge >= 0.3 is 0 Å². The summed E-state index contributed by atoms with van der Waals surface area (Å²) < 4.78 is 6.21. The van der Waals surface area contributed by atoms with Gasteiger partial charge in [-0.3, -0.25) is 0 Å². The van der Waals surface area contributed by atoms with Crippen molar-refractivity contribution in [2.75, 3.05) is 20.2 Å². The van der Waals surface area contributed by atoms with Gasteiger partial charge in [-0.15, -0.1) is 0 Å². The van der Waals surface area contributed by atoms with Crippen molar-refractivity contribution in [2.24, 2.45) is 0 Å². The minimum Gasteiger partial charge on any atom is -0.496 e. The van der Waals surface area contributed by atoms with Gasteiger partial charge in [0.25, 0.3) is 0 Å². The van der Waals surface area contributed by atoms with Gasteiger partial charge in [0.1, 0.15) is 24.9 Å². The van der Waals surface area contributed by atoms with E-state index in [0.717, 1.165) is 42.7 Å². The van der Waals surface area contributed by atoms with Crippen LogP contribution in [0.15, 0.2) is 22.7 Å². The smallest absolute Gasteiger partial charge is 0.133 e. The van der Waals surface area contributed by atoms with Crippen LogP contribution >= 0.6 is 15.9 Å². The summed E-state index contributed by atoms with van der Waals surface area (Å²) in [5, 5.41) is 9.64.